The molecule has 0 radical (unpaired) electrons. The SMILES string of the molecule is CC[Si](CC)(CC)O[C@H]1C[C@H]2OC[C@@]2(OC(C)=O)C2[C@H](OC(=O)c3ccccc3)[C@@]3(O)O[C@@H](C(=O)[C@@]21C)/C(=C(\C)CN1C(=O)c2ccccc2C1=O)C3(C)C. The molecule has 1 saturated carbocycles. The topological polar surface area (TPSA) is 155 Å². The lowest BCUT2D eigenvalue weighted by molar-refractivity contribution is -0.355. The maximum atomic E-state index is 15.8. The van der Waals surface area contributed by atoms with Crippen LogP contribution in [0.5, 0.6) is 0 Å². The molecule has 7 rings (SSSR count). The van der Waals surface area contributed by atoms with Crippen LogP contribution < -0.4 is 0 Å². The Morgan fingerprint density at radius 2 is 1.49 bits per heavy atom. The predicted octanol–water partition coefficient (Wildman–Crippen LogP) is 5.64. The van der Waals surface area contributed by atoms with Crippen molar-refractivity contribution in [3.8, 4) is 0 Å². The first-order valence-corrected chi connectivity index (χ1v) is 21.8. The zero-order valence-electron chi connectivity index (χ0n) is 32.8. The third-order valence-corrected chi connectivity index (χ3v) is 18.2. The molecule has 4 fully saturated rings. The number of esters is 2. The standard InChI is InChI=1S/C42H51NO11Si/c1-9-55(10-2,11-3)54-29-21-30-41(23-50-30,52-25(5)44)33-35(51-38(48)26-17-13-12-14-18-26)42(49)39(6,7)31(32(53-42)34(45)40(29,33)8)24(4)22-43-36(46)27-19-15-16-20-28(27)37(43)47/h12-20,29-30,32-33,35,49H,9-11,21-23H2,1-8H3/b31-24-/t29-,30+,32+,33?,35-,40+,41-,42+/m0/s1. The summed E-state index contributed by atoms with van der Waals surface area (Å²) in [7, 11) is -2.46. The van der Waals surface area contributed by atoms with E-state index in [0.29, 0.717) is 11.1 Å². The first-order chi connectivity index (χ1) is 26.0. The van der Waals surface area contributed by atoms with Crippen molar-refractivity contribution in [3.05, 3.63) is 82.4 Å². The fraction of sp³-hybridized carbons (Fsp3) is 0.548. The number of carbonyl (C=O) groups is 5. The van der Waals surface area contributed by atoms with Gasteiger partial charge in [-0.05, 0) is 61.8 Å². The molecule has 294 valence electrons. The molecule has 13 heteroatoms. The Morgan fingerprint density at radius 3 is 2.02 bits per heavy atom. The number of rotatable bonds is 10. The van der Waals surface area contributed by atoms with E-state index in [2.05, 4.69) is 20.8 Å². The van der Waals surface area contributed by atoms with Crippen molar-refractivity contribution in [1.29, 1.82) is 0 Å². The summed E-state index contributed by atoms with van der Waals surface area (Å²) in [5.74, 6) is -6.33. The van der Waals surface area contributed by atoms with E-state index in [-0.39, 0.29) is 36.3 Å². The fourth-order valence-electron chi connectivity index (χ4n) is 10.2. The summed E-state index contributed by atoms with van der Waals surface area (Å²) in [5.41, 5.74) is -2.90. The Balaban J connectivity index is 1.44. The van der Waals surface area contributed by atoms with Gasteiger partial charge in [0.25, 0.3) is 11.8 Å². The first-order valence-electron chi connectivity index (χ1n) is 19.3. The molecule has 2 aromatic rings. The van der Waals surface area contributed by atoms with Crippen LogP contribution in [0.4, 0.5) is 0 Å². The maximum Gasteiger partial charge on any atom is 0.338 e. The van der Waals surface area contributed by atoms with Crippen LogP contribution in [0, 0.1) is 16.7 Å². The largest absolute Gasteiger partial charge is 0.453 e. The van der Waals surface area contributed by atoms with E-state index >= 15 is 4.79 Å². The number of Topliss-reactive ketones (excluding diaryl/α,β-unsaturated/α-hetero) is 1. The van der Waals surface area contributed by atoms with E-state index in [1.807, 2.05) is 0 Å². The molecule has 4 heterocycles. The lowest BCUT2D eigenvalue weighted by Gasteiger charge is -2.65. The molecule has 12 nitrogen and oxygen atoms in total. The minimum atomic E-state index is -2.46. The number of ketones is 1. The summed E-state index contributed by atoms with van der Waals surface area (Å²) in [4.78, 5) is 71.2. The Labute approximate surface area is 322 Å². The van der Waals surface area contributed by atoms with Crippen LogP contribution in [0.2, 0.25) is 18.1 Å². The van der Waals surface area contributed by atoms with E-state index in [0.717, 1.165) is 23.0 Å². The number of imide groups is 1. The zero-order chi connectivity index (χ0) is 39.9. The van der Waals surface area contributed by atoms with Gasteiger partial charge in [-0.15, -0.1) is 0 Å². The van der Waals surface area contributed by atoms with Gasteiger partial charge in [0.1, 0.15) is 12.2 Å². The van der Waals surface area contributed by atoms with Gasteiger partial charge < -0.3 is 28.5 Å². The lowest BCUT2D eigenvalue weighted by atomic mass is 9.49. The second-order valence-corrected chi connectivity index (χ2v) is 21.2. The number of hydrogen-bond acceptors (Lipinski definition) is 11. The normalized spacial score (nSPS) is 34.2. The minimum absolute atomic E-state index is 0.0998. The van der Waals surface area contributed by atoms with Crippen LogP contribution in [0.3, 0.4) is 0 Å². The van der Waals surface area contributed by atoms with Gasteiger partial charge in [-0.25, -0.2) is 4.79 Å². The fourth-order valence-corrected chi connectivity index (χ4v) is 13.2. The monoisotopic (exact) mass is 773 g/mol. The zero-order valence-corrected chi connectivity index (χ0v) is 33.8. The van der Waals surface area contributed by atoms with Crippen molar-refractivity contribution in [2.24, 2.45) is 16.7 Å². The van der Waals surface area contributed by atoms with E-state index < -0.39 is 90.4 Å². The highest BCUT2D eigenvalue weighted by Gasteiger charge is 2.81. The van der Waals surface area contributed by atoms with Crippen LogP contribution in [-0.4, -0.2) is 96.8 Å². The lowest BCUT2D eigenvalue weighted by Crippen LogP contribution is -2.80. The van der Waals surface area contributed by atoms with Crippen LogP contribution in [0.15, 0.2) is 65.7 Å². The molecule has 55 heavy (non-hydrogen) atoms. The quantitative estimate of drug-likeness (QED) is 0.138. The highest BCUT2D eigenvalue weighted by molar-refractivity contribution is 6.73. The molecule has 1 aliphatic carbocycles. The van der Waals surface area contributed by atoms with Crippen molar-refractivity contribution in [1.82, 2.24) is 4.90 Å². The molecule has 5 aliphatic rings. The van der Waals surface area contributed by atoms with E-state index in [1.54, 1.807) is 82.3 Å². The minimum Gasteiger partial charge on any atom is -0.453 e. The smallest absolute Gasteiger partial charge is 0.338 e. The predicted molar refractivity (Wildman–Crippen MR) is 201 cm³/mol. The van der Waals surface area contributed by atoms with Crippen LogP contribution in [0.25, 0.3) is 0 Å². The maximum absolute atomic E-state index is 15.8. The van der Waals surface area contributed by atoms with Crippen LogP contribution >= 0.6 is 0 Å². The van der Waals surface area contributed by atoms with Gasteiger partial charge >= 0.3 is 11.9 Å². The number of nitrogens with zero attached hydrogens (tertiary/aromatic N) is 1. The Bertz CT molecular complexity index is 1930. The van der Waals surface area contributed by atoms with Gasteiger partial charge in [0.05, 0.1) is 47.3 Å². The summed E-state index contributed by atoms with van der Waals surface area (Å²) in [5, 5.41) is 13.3. The average Bonchev–Trinajstić information content (AvgIpc) is 3.50. The molecule has 2 bridgehead atoms. The van der Waals surface area contributed by atoms with Gasteiger partial charge in [0.2, 0.25) is 5.79 Å². The number of benzene rings is 2. The van der Waals surface area contributed by atoms with E-state index in [1.165, 1.54) is 6.92 Å². The highest BCUT2D eigenvalue weighted by Crippen LogP contribution is 2.66. The summed E-state index contributed by atoms with van der Waals surface area (Å²) in [6.07, 6.45) is -4.31. The first kappa shape index (κ1) is 39.2. The van der Waals surface area contributed by atoms with Gasteiger partial charge in [-0.3, -0.25) is 24.1 Å². The summed E-state index contributed by atoms with van der Waals surface area (Å²) in [6.45, 7) is 14.1. The van der Waals surface area contributed by atoms with Crippen molar-refractivity contribution in [3.63, 3.8) is 0 Å². The molecule has 8 atom stereocenters. The molecular formula is C42H51NO11Si. The molecule has 4 aliphatic heterocycles. The molecule has 1 N–H and O–H groups in total. The van der Waals surface area contributed by atoms with Crippen LogP contribution in [0.1, 0.15) is 92.9 Å². The van der Waals surface area contributed by atoms with E-state index in [9.17, 15) is 24.3 Å². The van der Waals surface area contributed by atoms with Gasteiger partial charge in [-0.2, -0.15) is 0 Å². The second-order valence-electron chi connectivity index (χ2n) is 16.5. The number of aliphatic hydroxyl groups is 1. The number of carbonyl (C=O) groups excluding carboxylic acids is 5. The molecule has 1 unspecified atom stereocenters. The second kappa shape index (κ2) is 13.6. The summed E-state index contributed by atoms with van der Waals surface area (Å²) < 4.78 is 32.7. The number of ether oxygens (including phenoxy) is 4. The van der Waals surface area contributed by atoms with Crippen molar-refractivity contribution >= 4 is 37.9 Å². The molecule has 2 amide bonds. The van der Waals surface area contributed by atoms with Gasteiger partial charge in [-0.1, -0.05) is 70.5 Å². The average molecular weight is 774 g/mol. The summed E-state index contributed by atoms with van der Waals surface area (Å²) in [6, 6.07) is 17.2. The number of fused-ring (bicyclic) bond motifs is 6. The highest BCUT2D eigenvalue weighted by atomic mass is 28.4. The number of amides is 2. The van der Waals surface area contributed by atoms with Gasteiger partial charge in [0, 0.05) is 18.8 Å². The molecule has 2 aromatic carbocycles. The Hall–Kier alpha value is -4.01. The molecule has 0 spiro atoms. The third kappa shape index (κ3) is 5.55. The molecule has 0 aromatic heterocycles. The van der Waals surface area contributed by atoms with Crippen molar-refractivity contribution in [2.75, 3.05) is 13.2 Å². The van der Waals surface area contributed by atoms with E-state index in [4.69, 9.17) is 23.4 Å². The molecular weight excluding hydrogens is 723 g/mol. The Kier molecular flexibility index (Phi) is 9.69. The van der Waals surface area contributed by atoms with Crippen LogP contribution in [-0.2, 0) is 33.0 Å². The van der Waals surface area contributed by atoms with Crippen molar-refractivity contribution in [2.45, 2.75) is 116 Å². The molecule has 3 saturated heterocycles. The van der Waals surface area contributed by atoms with Gasteiger partial charge in [0.15, 0.2) is 25.8 Å². The number of hydrogen-bond donors (Lipinski definition) is 1. The van der Waals surface area contributed by atoms with Crippen molar-refractivity contribution < 1.29 is 52.5 Å². The third-order valence-electron chi connectivity index (χ3n) is 13.5. The summed E-state index contributed by atoms with van der Waals surface area (Å²) >= 11 is 0. The Morgan fingerprint density at radius 1 is 0.909 bits per heavy atom.